The molecule has 0 bridgehead atoms. The normalized spacial score (nSPS) is 10.7. The van der Waals surface area contributed by atoms with E-state index in [1.807, 2.05) is 23.9 Å². The Morgan fingerprint density at radius 2 is 2.12 bits per heavy atom. The first kappa shape index (κ1) is 11.8. The van der Waals surface area contributed by atoms with Gasteiger partial charge in [0.1, 0.15) is 5.82 Å². The van der Waals surface area contributed by atoms with E-state index in [9.17, 15) is 4.39 Å². The van der Waals surface area contributed by atoms with Crippen LogP contribution in [-0.4, -0.2) is 7.05 Å². The Balaban J connectivity index is 2.47. The van der Waals surface area contributed by atoms with E-state index in [1.54, 1.807) is 17.4 Å². The molecule has 4 heteroatoms. The molecule has 1 heterocycles. The molecule has 2 rings (SSSR count). The van der Waals surface area contributed by atoms with E-state index < -0.39 is 0 Å². The van der Waals surface area contributed by atoms with Crippen LogP contribution in [0.4, 0.5) is 4.39 Å². The molecule has 0 spiro atoms. The standard InChI is InChI=1S/C12H11BrFNS/c1-15-5-8-2-3-12(14)9(4-8)10-6-16-7-11(10)13/h2-4,6-7,15H,5H2,1H3. The highest BCUT2D eigenvalue weighted by Crippen LogP contribution is 2.33. The van der Waals surface area contributed by atoms with E-state index >= 15 is 0 Å². The summed E-state index contributed by atoms with van der Waals surface area (Å²) in [5, 5.41) is 6.97. The molecule has 0 fully saturated rings. The van der Waals surface area contributed by atoms with Crippen molar-refractivity contribution in [2.24, 2.45) is 0 Å². The van der Waals surface area contributed by atoms with Crippen LogP contribution < -0.4 is 5.32 Å². The monoisotopic (exact) mass is 299 g/mol. The van der Waals surface area contributed by atoms with Gasteiger partial charge in [-0.2, -0.15) is 11.3 Å². The molecular weight excluding hydrogens is 289 g/mol. The lowest BCUT2D eigenvalue weighted by atomic mass is 10.1. The molecule has 0 aliphatic carbocycles. The summed E-state index contributed by atoms with van der Waals surface area (Å²) in [7, 11) is 1.88. The van der Waals surface area contributed by atoms with Gasteiger partial charge in [0.15, 0.2) is 0 Å². The molecule has 1 aromatic heterocycles. The van der Waals surface area contributed by atoms with E-state index in [0.29, 0.717) is 5.56 Å². The number of hydrogen-bond acceptors (Lipinski definition) is 2. The number of rotatable bonds is 3. The van der Waals surface area contributed by atoms with Crippen LogP contribution in [0.15, 0.2) is 33.4 Å². The SMILES string of the molecule is CNCc1ccc(F)c(-c2cscc2Br)c1. The number of hydrogen-bond donors (Lipinski definition) is 1. The van der Waals surface area contributed by atoms with E-state index in [-0.39, 0.29) is 5.82 Å². The summed E-state index contributed by atoms with van der Waals surface area (Å²) in [6.07, 6.45) is 0. The summed E-state index contributed by atoms with van der Waals surface area (Å²) >= 11 is 4.99. The Morgan fingerprint density at radius 3 is 2.75 bits per heavy atom. The van der Waals surface area contributed by atoms with E-state index in [4.69, 9.17) is 0 Å². The smallest absolute Gasteiger partial charge is 0.131 e. The average Bonchev–Trinajstić information content (AvgIpc) is 2.68. The number of thiophene rings is 1. The van der Waals surface area contributed by atoms with Crippen LogP contribution in [0.1, 0.15) is 5.56 Å². The minimum absolute atomic E-state index is 0.182. The second-order valence-electron chi connectivity index (χ2n) is 3.48. The average molecular weight is 300 g/mol. The molecule has 0 aliphatic rings. The zero-order valence-electron chi connectivity index (χ0n) is 8.76. The highest BCUT2D eigenvalue weighted by molar-refractivity contribution is 9.10. The fourth-order valence-corrected chi connectivity index (χ4v) is 3.07. The molecule has 0 saturated heterocycles. The van der Waals surface area contributed by atoms with Crippen molar-refractivity contribution in [2.75, 3.05) is 7.05 Å². The van der Waals surface area contributed by atoms with Gasteiger partial charge in [0, 0.05) is 27.5 Å². The third-order valence-electron chi connectivity index (χ3n) is 2.32. The molecule has 1 nitrogen and oxygen atoms in total. The van der Waals surface area contributed by atoms with E-state index in [1.165, 1.54) is 6.07 Å². The number of benzene rings is 1. The van der Waals surface area contributed by atoms with Gasteiger partial charge in [-0.05, 0) is 46.1 Å². The maximum Gasteiger partial charge on any atom is 0.131 e. The molecule has 2 aromatic rings. The first-order valence-electron chi connectivity index (χ1n) is 4.87. The van der Waals surface area contributed by atoms with Crippen molar-refractivity contribution in [3.63, 3.8) is 0 Å². The minimum Gasteiger partial charge on any atom is -0.316 e. The highest BCUT2D eigenvalue weighted by Gasteiger charge is 2.10. The van der Waals surface area contributed by atoms with Crippen molar-refractivity contribution < 1.29 is 4.39 Å². The lowest BCUT2D eigenvalue weighted by Crippen LogP contribution is -2.05. The second-order valence-corrected chi connectivity index (χ2v) is 5.08. The van der Waals surface area contributed by atoms with Gasteiger partial charge >= 0.3 is 0 Å². The third kappa shape index (κ3) is 2.34. The quantitative estimate of drug-likeness (QED) is 0.902. The first-order chi connectivity index (χ1) is 7.72. The van der Waals surface area contributed by atoms with Crippen LogP contribution in [-0.2, 0) is 6.54 Å². The van der Waals surface area contributed by atoms with Gasteiger partial charge in [-0.1, -0.05) is 6.07 Å². The lowest BCUT2D eigenvalue weighted by Gasteiger charge is -2.06. The van der Waals surface area contributed by atoms with E-state index in [0.717, 1.165) is 22.1 Å². The summed E-state index contributed by atoms with van der Waals surface area (Å²) < 4.78 is 14.7. The van der Waals surface area contributed by atoms with Gasteiger partial charge in [-0.25, -0.2) is 4.39 Å². The fourth-order valence-electron chi connectivity index (χ4n) is 1.57. The zero-order chi connectivity index (χ0) is 11.5. The molecule has 16 heavy (non-hydrogen) atoms. The van der Waals surface area contributed by atoms with Crippen molar-refractivity contribution in [1.82, 2.24) is 5.32 Å². The molecule has 0 saturated carbocycles. The van der Waals surface area contributed by atoms with Gasteiger partial charge in [0.05, 0.1) is 0 Å². The van der Waals surface area contributed by atoms with E-state index in [2.05, 4.69) is 21.2 Å². The predicted molar refractivity (Wildman–Crippen MR) is 70.2 cm³/mol. The van der Waals surface area contributed by atoms with Gasteiger partial charge in [0.2, 0.25) is 0 Å². The molecule has 84 valence electrons. The fraction of sp³-hybridized carbons (Fsp3) is 0.167. The molecule has 1 N–H and O–H groups in total. The highest BCUT2D eigenvalue weighted by atomic mass is 79.9. The van der Waals surface area contributed by atoms with Crippen LogP contribution in [0.5, 0.6) is 0 Å². The Labute approximate surface area is 106 Å². The first-order valence-corrected chi connectivity index (χ1v) is 6.61. The third-order valence-corrected chi connectivity index (χ3v) is 4.02. The second kappa shape index (κ2) is 5.08. The van der Waals surface area contributed by atoms with Gasteiger partial charge in [0.25, 0.3) is 0 Å². The molecule has 0 amide bonds. The molecule has 0 aliphatic heterocycles. The minimum atomic E-state index is -0.182. The molecule has 0 atom stereocenters. The summed E-state index contributed by atoms with van der Waals surface area (Å²) in [6, 6.07) is 5.21. The Morgan fingerprint density at radius 1 is 1.31 bits per heavy atom. The van der Waals surface area contributed by atoms with Gasteiger partial charge < -0.3 is 5.32 Å². The summed E-state index contributed by atoms with van der Waals surface area (Å²) in [6.45, 7) is 0.745. The molecule has 1 aromatic carbocycles. The van der Waals surface area contributed by atoms with Gasteiger partial charge in [-0.3, -0.25) is 0 Å². The Bertz CT molecular complexity index is 496. The molecular formula is C12H11BrFNS. The van der Waals surface area contributed by atoms with Gasteiger partial charge in [-0.15, -0.1) is 0 Å². The van der Waals surface area contributed by atoms with Crippen LogP contribution >= 0.6 is 27.3 Å². The lowest BCUT2D eigenvalue weighted by molar-refractivity contribution is 0.630. The topological polar surface area (TPSA) is 12.0 Å². The zero-order valence-corrected chi connectivity index (χ0v) is 11.2. The van der Waals surface area contributed by atoms with Crippen molar-refractivity contribution in [2.45, 2.75) is 6.54 Å². The van der Waals surface area contributed by atoms with Crippen molar-refractivity contribution in [3.8, 4) is 11.1 Å². The number of nitrogens with one attached hydrogen (secondary N) is 1. The van der Waals surface area contributed by atoms with Crippen molar-refractivity contribution >= 4 is 27.3 Å². The van der Waals surface area contributed by atoms with Crippen molar-refractivity contribution in [1.29, 1.82) is 0 Å². The van der Waals surface area contributed by atoms with Crippen LogP contribution in [0.25, 0.3) is 11.1 Å². The van der Waals surface area contributed by atoms with Crippen LogP contribution in [0.2, 0.25) is 0 Å². The summed E-state index contributed by atoms with van der Waals surface area (Å²) in [4.78, 5) is 0. The Kier molecular flexibility index (Phi) is 3.74. The summed E-state index contributed by atoms with van der Waals surface area (Å²) in [5.41, 5.74) is 2.65. The maximum atomic E-state index is 13.7. The predicted octanol–water partition coefficient (Wildman–Crippen LogP) is 4.04. The van der Waals surface area contributed by atoms with Crippen LogP contribution in [0, 0.1) is 5.82 Å². The maximum absolute atomic E-state index is 13.7. The van der Waals surface area contributed by atoms with Crippen LogP contribution in [0.3, 0.4) is 0 Å². The Hall–Kier alpha value is -0.710. The largest absolute Gasteiger partial charge is 0.316 e. The molecule has 0 radical (unpaired) electrons. The summed E-state index contributed by atoms with van der Waals surface area (Å²) in [5.74, 6) is -0.182. The number of halogens is 2. The van der Waals surface area contributed by atoms with Crippen molar-refractivity contribution in [3.05, 3.63) is 44.8 Å². The molecule has 0 unspecified atom stereocenters.